The first-order valence-corrected chi connectivity index (χ1v) is 10.7. The van der Waals surface area contributed by atoms with Crippen molar-refractivity contribution in [3.8, 4) is 22.8 Å². The smallest absolute Gasteiger partial charge is 0.337 e. The lowest BCUT2D eigenvalue weighted by Crippen LogP contribution is -2.35. The highest BCUT2D eigenvalue weighted by molar-refractivity contribution is 6.31. The second-order valence-electron chi connectivity index (χ2n) is 7.92. The van der Waals surface area contributed by atoms with Crippen LogP contribution in [0.3, 0.4) is 0 Å². The number of rotatable bonds is 7. The highest BCUT2D eigenvalue weighted by Gasteiger charge is 2.30. The fraction of sp³-hybridized carbons (Fsp3) is 0.333. The molecule has 0 bridgehead atoms. The number of fused-ring (bicyclic) bond motifs is 1. The summed E-state index contributed by atoms with van der Waals surface area (Å²) in [5, 5.41) is 5.40. The van der Waals surface area contributed by atoms with E-state index in [0.29, 0.717) is 36.2 Å². The number of aromatic nitrogens is 2. The van der Waals surface area contributed by atoms with Crippen LogP contribution in [0.5, 0.6) is 11.5 Å². The Morgan fingerprint density at radius 1 is 1.12 bits per heavy atom. The molecule has 4 rings (SSSR count). The first kappa shape index (κ1) is 22.2. The normalized spacial score (nSPS) is 13.1. The quantitative estimate of drug-likeness (QED) is 0.488. The van der Waals surface area contributed by atoms with Crippen LogP contribution in [0, 0.1) is 0 Å². The van der Waals surface area contributed by atoms with Gasteiger partial charge in [-0.15, -0.1) is 0 Å². The molecular weight excluding hydrogens is 432 g/mol. The molecule has 0 saturated heterocycles. The first-order valence-electron chi connectivity index (χ1n) is 10.3. The highest BCUT2D eigenvalue weighted by atomic mass is 35.5. The zero-order valence-corrected chi connectivity index (χ0v) is 19.0. The van der Waals surface area contributed by atoms with Gasteiger partial charge in [0.1, 0.15) is 13.2 Å². The van der Waals surface area contributed by atoms with Crippen LogP contribution in [-0.2, 0) is 27.4 Å². The Morgan fingerprint density at radius 3 is 2.62 bits per heavy atom. The minimum Gasteiger partial charge on any atom is -0.486 e. The van der Waals surface area contributed by atoms with Crippen molar-refractivity contribution in [1.82, 2.24) is 9.78 Å². The van der Waals surface area contributed by atoms with Crippen molar-refractivity contribution in [3.05, 3.63) is 64.8 Å². The lowest BCUT2D eigenvalue weighted by atomic mass is 10.1. The van der Waals surface area contributed by atoms with Crippen LogP contribution in [0.25, 0.3) is 11.3 Å². The predicted molar refractivity (Wildman–Crippen MR) is 120 cm³/mol. The summed E-state index contributed by atoms with van der Waals surface area (Å²) < 4.78 is 23.9. The highest BCUT2D eigenvalue weighted by Crippen LogP contribution is 2.35. The van der Waals surface area contributed by atoms with Gasteiger partial charge in [-0.05, 0) is 49.7 Å². The third-order valence-corrected chi connectivity index (χ3v) is 5.57. The predicted octanol–water partition coefficient (Wildman–Crippen LogP) is 4.49. The van der Waals surface area contributed by atoms with Gasteiger partial charge in [0, 0.05) is 10.6 Å². The zero-order valence-electron chi connectivity index (χ0n) is 18.3. The third-order valence-electron chi connectivity index (χ3n) is 5.20. The number of hydrogen-bond donors (Lipinski definition) is 0. The molecule has 0 fully saturated rings. The summed E-state index contributed by atoms with van der Waals surface area (Å²) in [5.74, 6) is 0.976. The molecule has 0 spiro atoms. The number of esters is 1. The van der Waals surface area contributed by atoms with Crippen molar-refractivity contribution in [3.63, 3.8) is 0 Å². The van der Waals surface area contributed by atoms with Crippen LogP contribution in [0.2, 0.25) is 5.02 Å². The molecule has 0 amide bonds. The minimum absolute atomic E-state index is 0.148. The number of halogens is 1. The molecule has 3 aromatic rings. The van der Waals surface area contributed by atoms with Crippen LogP contribution in [-0.4, -0.2) is 41.7 Å². The lowest BCUT2D eigenvalue weighted by Gasteiger charge is -2.21. The van der Waals surface area contributed by atoms with E-state index in [0.717, 1.165) is 22.6 Å². The molecule has 0 unspecified atom stereocenters. The summed E-state index contributed by atoms with van der Waals surface area (Å²) in [4.78, 5) is 12.0. The fourth-order valence-electron chi connectivity index (χ4n) is 3.44. The molecule has 1 aliphatic rings. The van der Waals surface area contributed by atoms with Gasteiger partial charge in [-0.25, -0.2) is 4.79 Å². The van der Waals surface area contributed by atoms with Crippen LogP contribution in [0.4, 0.5) is 0 Å². The number of benzene rings is 2. The van der Waals surface area contributed by atoms with Gasteiger partial charge in [-0.1, -0.05) is 29.8 Å². The van der Waals surface area contributed by atoms with E-state index in [1.807, 2.05) is 53.2 Å². The van der Waals surface area contributed by atoms with E-state index in [1.54, 1.807) is 13.8 Å². The van der Waals surface area contributed by atoms with Crippen molar-refractivity contribution < 1.29 is 23.7 Å². The number of carbonyl (C=O) groups excluding carboxylic acids is 1. The first-order chi connectivity index (χ1) is 15.4. The molecule has 0 atom stereocenters. The van der Waals surface area contributed by atoms with Crippen molar-refractivity contribution in [2.45, 2.75) is 32.6 Å². The van der Waals surface area contributed by atoms with Crippen molar-refractivity contribution in [2.24, 2.45) is 0 Å². The van der Waals surface area contributed by atoms with Crippen molar-refractivity contribution in [1.29, 1.82) is 0 Å². The molecule has 2 aromatic carbocycles. The van der Waals surface area contributed by atoms with Gasteiger partial charge in [0.05, 0.1) is 31.6 Å². The Kier molecular flexibility index (Phi) is 6.39. The Balaban J connectivity index is 1.67. The third kappa shape index (κ3) is 4.74. The van der Waals surface area contributed by atoms with Gasteiger partial charge in [-0.3, -0.25) is 4.68 Å². The second kappa shape index (κ2) is 9.22. The Morgan fingerprint density at radius 2 is 1.88 bits per heavy atom. The standard InChI is InChI=1S/C24H25ClN2O5/c1-24(2,23(28)29-3)32-15-18-13-20(16-8-9-21-22(12-16)31-11-10-30-21)27(26-18)14-17-6-4-5-7-19(17)25/h4-9,12-13H,10-11,14-15H2,1-3H3. The molecule has 0 N–H and O–H groups in total. The maximum atomic E-state index is 12.0. The number of nitrogens with zero attached hydrogens (tertiary/aromatic N) is 2. The van der Waals surface area contributed by atoms with Gasteiger partial charge in [-0.2, -0.15) is 5.10 Å². The SMILES string of the molecule is COC(=O)C(C)(C)OCc1cc(-c2ccc3c(c2)OCCO3)n(Cc2ccccc2Cl)n1. The average molecular weight is 457 g/mol. The van der Waals surface area contributed by atoms with E-state index in [1.165, 1.54) is 7.11 Å². The summed E-state index contributed by atoms with van der Waals surface area (Å²) >= 11 is 6.39. The van der Waals surface area contributed by atoms with Crippen LogP contribution in [0.15, 0.2) is 48.5 Å². The molecule has 2 heterocycles. The summed E-state index contributed by atoms with van der Waals surface area (Å²) in [6.07, 6.45) is 0. The van der Waals surface area contributed by atoms with Gasteiger partial charge in [0.25, 0.3) is 0 Å². The van der Waals surface area contributed by atoms with E-state index in [4.69, 9.17) is 35.6 Å². The van der Waals surface area contributed by atoms with Crippen LogP contribution < -0.4 is 9.47 Å². The molecular formula is C24H25ClN2O5. The van der Waals surface area contributed by atoms with Gasteiger partial charge in [0.15, 0.2) is 17.1 Å². The largest absolute Gasteiger partial charge is 0.486 e. The molecule has 168 valence electrons. The average Bonchev–Trinajstić information content (AvgIpc) is 3.21. The Labute approximate surface area is 191 Å². The van der Waals surface area contributed by atoms with E-state index < -0.39 is 11.6 Å². The van der Waals surface area contributed by atoms with Crippen LogP contribution >= 0.6 is 11.6 Å². The Bertz CT molecular complexity index is 1130. The minimum atomic E-state index is -1.08. The number of ether oxygens (including phenoxy) is 4. The Hall–Kier alpha value is -3.03. The maximum absolute atomic E-state index is 12.0. The molecule has 0 saturated carbocycles. The molecule has 0 aliphatic carbocycles. The van der Waals surface area contributed by atoms with E-state index in [2.05, 4.69) is 0 Å². The second-order valence-corrected chi connectivity index (χ2v) is 8.33. The van der Waals surface area contributed by atoms with Crippen LogP contribution in [0.1, 0.15) is 25.1 Å². The van der Waals surface area contributed by atoms with Gasteiger partial charge < -0.3 is 18.9 Å². The topological polar surface area (TPSA) is 71.8 Å². The van der Waals surface area contributed by atoms with E-state index >= 15 is 0 Å². The van der Waals surface area contributed by atoms with Crippen molar-refractivity contribution in [2.75, 3.05) is 20.3 Å². The van der Waals surface area contributed by atoms with E-state index in [-0.39, 0.29) is 6.61 Å². The lowest BCUT2D eigenvalue weighted by molar-refractivity contribution is -0.166. The number of carbonyl (C=O) groups is 1. The molecule has 7 nitrogen and oxygen atoms in total. The van der Waals surface area contributed by atoms with E-state index in [9.17, 15) is 4.79 Å². The van der Waals surface area contributed by atoms with Gasteiger partial charge >= 0.3 is 5.97 Å². The number of hydrogen-bond acceptors (Lipinski definition) is 6. The summed E-state index contributed by atoms with van der Waals surface area (Å²) in [5.41, 5.74) is 2.33. The monoisotopic (exact) mass is 456 g/mol. The maximum Gasteiger partial charge on any atom is 0.337 e. The molecule has 0 radical (unpaired) electrons. The van der Waals surface area contributed by atoms with Crippen molar-refractivity contribution >= 4 is 17.6 Å². The fourth-order valence-corrected chi connectivity index (χ4v) is 3.64. The summed E-state index contributed by atoms with van der Waals surface area (Å²) in [6, 6.07) is 15.4. The summed E-state index contributed by atoms with van der Waals surface area (Å²) in [6.45, 7) is 5.01. The molecule has 1 aliphatic heterocycles. The van der Waals surface area contributed by atoms with Gasteiger partial charge in [0.2, 0.25) is 0 Å². The zero-order chi connectivity index (χ0) is 22.7. The number of methoxy groups -OCH3 is 1. The molecule has 8 heteroatoms. The summed E-state index contributed by atoms with van der Waals surface area (Å²) in [7, 11) is 1.34. The molecule has 32 heavy (non-hydrogen) atoms. The molecule has 1 aromatic heterocycles.